The fraction of sp³-hybridized carbons (Fsp3) is 0.273. The van der Waals surface area contributed by atoms with Crippen molar-refractivity contribution in [2.75, 3.05) is 11.9 Å². The molecule has 0 saturated heterocycles. The maximum Gasteiger partial charge on any atom is 0.318 e. The van der Waals surface area contributed by atoms with Gasteiger partial charge < -0.3 is 5.73 Å². The van der Waals surface area contributed by atoms with E-state index in [-0.39, 0.29) is 5.78 Å². The number of nitrogens with zero attached hydrogens (tertiary/aromatic N) is 1. The van der Waals surface area contributed by atoms with E-state index >= 15 is 0 Å². The monoisotopic (exact) mass is 206 g/mol. The second-order valence-corrected chi connectivity index (χ2v) is 3.45. The smallest absolute Gasteiger partial charge is 0.318 e. The van der Waals surface area contributed by atoms with Crippen LogP contribution in [0, 0.1) is 0 Å². The Hall–Kier alpha value is -1.84. The van der Waals surface area contributed by atoms with Crippen molar-refractivity contribution in [2.24, 2.45) is 5.73 Å². The Bertz CT molecular complexity index is 388. The van der Waals surface area contributed by atoms with Gasteiger partial charge in [0.25, 0.3) is 0 Å². The van der Waals surface area contributed by atoms with Crippen molar-refractivity contribution >= 4 is 17.5 Å². The number of amides is 2. The minimum absolute atomic E-state index is 0.0916. The lowest BCUT2D eigenvalue weighted by atomic mass is 10.1. The van der Waals surface area contributed by atoms with Crippen LogP contribution in [0.4, 0.5) is 10.5 Å². The molecule has 0 atom stereocenters. The first-order valence-corrected chi connectivity index (χ1v) is 4.62. The minimum atomic E-state index is -0.519. The van der Waals surface area contributed by atoms with E-state index in [0.29, 0.717) is 12.1 Å². The minimum Gasteiger partial charge on any atom is -0.351 e. The fourth-order valence-corrected chi connectivity index (χ4v) is 1.29. The number of anilines is 1. The average Bonchev–Trinajstić information content (AvgIpc) is 2.16. The SMILES string of the molecule is CC(=O)Cc1cccc(N(C)C(N)=O)c1. The van der Waals surface area contributed by atoms with E-state index in [1.165, 1.54) is 11.8 Å². The van der Waals surface area contributed by atoms with Gasteiger partial charge in [0.15, 0.2) is 0 Å². The van der Waals surface area contributed by atoms with Crippen LogP contribution in [0.2, 0.25) is 0 Å². The highest BCUT2D eigenvalue weighted by molar-refractivity contribution is 5.90. The molecule has 15 heavy (non-hydrogen) atoms. The van der Waals surface area contributed by atoms with Gasteiger partial charge in [0.05, 0.1) is 0 Å². The van der Waals surface area contributed by atoms with Crippen LogP contribution in [-0.4, -0.2) is 18.9 Å². The topological polar surface area (TPSA) is 63.4 Å². The van der Waals surface area contributed by atoms with Crippen molar-refractivity contribution in [1.29, 1.82) is 0 Å². The Morgan fingerprint density at radius 1 is 1.40 bits per heavy atom. The summed E-state index contributed by atoms with van der Waals surface area (Å²) < 4.78 is 0. The third-order valence-corrected chi connectivity index (χ3v) is 2.08. The number of primary amides is 1. The van der Waals surface area contributed by atoms with Gasteiger partial charge in [0.1, 0.15) is 5.78 Å². The maximum atomic E-state index is 10.9. The first-order valence-electron chi connectivity index (χ1n) is 4.62. The van der Waals surface area contributed by atoms with Crippen LogP contribution in [0.15, 0.2) is 24.3 Å². The molecule has 0 radical (unpaired) electrons. The molecule has 4 heteroatoms. The molecule has 2 amide bonds. The summed E-state index contributed by atoms with van der Waals surface area (Å²) in [7, 11) is 1.59. The van der Waals surface area contributed by atoms with E-state index in [2.05, 4.69) is 0 Å². The molecule has 0 fully saturated rings. The number of ketones is 1. The van der Waals surface area contributed by atoms with Gasteiger partial charge in [0, 0.05) is 19.2 Å². The summed E-state index contributed by atoms with van der Waals surface area (Å²) in [6, 6.07) is 6.68. The molecular formula is C11H14N2O2. The second kappa shape index (κ2) is 4.59. The Balaban J connectivity index is 2.92. The third-order valence-electron chi connectivity index (χ3n) is 2.08. The van der Waals surface area contributed by atoms with Crippen LogP contribution < -0.4 is 10.6 Å². The predicted molar refractivity (Wildman–Crippen MR) is 58.8 cm³/mol. The predicted octanol–water partition coefficient (Wildman–Crippen LogP) is 1.33. The lowest BCUT2D eigenvalue weighted by molar-refractivity contribution is -0.116. The number of rotatable bonds is 3. The highest BCUT2D eigenvalue weighted by Gasteiger charge is 2.07. The number of carbonyl (C=O) groups is 2. The molecule has 80 valence electrons. The molecule has 2 N–H and O–H groups in total. The van der Waals surface area contributed by atoms with Crippen LogP contribution in [0.3, 0.4) is 0 Å². The normalized spacial score (nSPS) is 9.73. The molecule has 0 aliphatic carbocycles. The number of urea groups is 1. The molecule has 0 saturated carbocycles. The number of nitrogens with two attached hydrogens (primary N) is 1. The van der Waals surface area contributed by atoms with Gasteiger partial charge in [-0.2, -0.15) is 0 Å². The zero-order valence-corrected chi connectivity index (χ0v) is 8.86. The van der Waals surface area contributed by atoms with E-state index in [1.54, 1.807) is 25.2 Å². The molecule has 4 nitrogen and oxygen atoms in total. The second-order valence-electron chi connectivity index (χ2n) is 3.45. The summed E-state index contributed by atoms with van der Waals surface area (Å²) in [6.07, 6.45) is 0.375. The van der Waals surface area contributed by atoms with Gasteiger partial charge in [-0.15, -0.1) is 0 Å². The summed E-state index contributed by atoms with van der Waals surface area (Å²) in [5, 5.41) is 0. The first-order chi connectivity index (χ1) is 7.00. The van der Waals surface area contributed by atoms with E-state index < -0.39 is 6.03 Å². The summed E-state index contributed by atoms with van der Waals surface area (Å²) >= 11 is 0. The molecule has 1 aromatic rings. The average molecular weight is 206 g/mol. The van der Waals surface area contributed by atoms with E-state index in [0.717, 1.165) is 5.56 Å². The number of Topliss-reactive ketones (excluding diaryl/α,β-unsaturated/α-hetero) is 1. The Labute approximate surface area is 88.7 Å². The van der Waals surface area contributed by atoms with Gasteiger partial charge in [-0.25, -0.2) is 4.79 Å². The highest BCUT2D eigenvalue weighted by Crippen LogP contribution is 2.15. The van der Waals surface area contributed by atoms with E-state index in [1.807, 2.05) is 6.07 Å². The third kappa shape index (κ3) is 3.09. The molecule has 0 bridgehead atoms. The Morgan fingerprint density at radius 2 is 2.07 bits per heavy atom. The standard InChI is InChI=1S/C11H14N2O2/c1-8(14)6-9-4-3-5-10(7-9)13(2)11(12)15/h3-5,7H,6H2,1-2H3,(H2,12,15). The molecule has 1 aromatic carbocycles. The number of hydrogen-bond acceptors (Lipinski definition) is 2. The molecule has 0 unspecified atom stereocenters. The fourth-order valence-electron chi connectivity index (χ4n) is 1.29. The van der Waals surface area contributed by atoms with Crippen LogP contribution in [-0.2, 0) is 11.2 Å². The molecular weight excluding hydrogens is 192 g/mol. The number of benzene rings is 1. The molecule has 0 aliphatic rings. The van der Waals surface area contributed by atoms with Crippen molar-refractivity contribution in [3.8, 4) is 0 Å². The van der Waals surface area contributed by atoms with Crippen molar-refractivity contribution < 1.29 is 9.59 Å². The molecule has 0 aromatic heterocycles. The van der Waals surface area contributed by atoms with Crippen LogP contribution in [0.5, 0.6) is 0 Å². The van der Waals surface area contributed by atoms with Crippen LogP contribution >= 0.6 is 0 Å². The summed E-state index contributed by atoms with van der Waals surface area (Å²) in [5.41, 5.74) is 6.72. The molecule has 1 rings (SSSR count). The van der Waals surface area contributed by atoms with Crippen molar-refractivity contribution in [1.82, 2.24) is 0 Å². The lowest BCUT2D eigenvalue weighted by Crippen LogP contribution is -2.31. The van der Waals surface area contributed by atoms with Crippen LogP contribution in [0.25, 0.3) is 0 Å². The molecule has 0 aliphatic heterocycles. The van der Waals surface area contributed by atoms with Gasteiger partial charge in [-0.1, -0.05) is 12.1 Å². The Kier molecular flexibility index (Phi) is 3.44. The van der Waals surface area contributed by atoms with Gasteiger partial charge in [0.2, 0.25) is 0 Å². The van der Waals surface area contributed by atoms with E-state index in [4.69, 9.17) is 5.73 Å². The maximum absolute atomic E-state index is 10.9. The largest absolute Gasteiger partial charge is 0.351 e. The zero-order valence-electron chi connectivity index (χ0n) is 8.86. The number of carbonyl (C=O) groups excluding carboxylic acids is 2. The van der Waals surface area contributed by atoms with Crippen LogP contribution in [0.1, 0.15) is 12.5 Å². The number of hydrogen-bond donors (Lipinski definition) is 1. The quantitative estimate of drug-likeness (QED) is 0.810. The van der Waals surface area contributed by atoms with Crippen molar-refractivity contribution in [3.63, 3.8) is 0 Å². The molecule has 0 spiro atoms. The zero-order chi connectivity index (χ0) is 11.4. The van der Waals surface area contributed by atoms with E-state index in [9.17, 15) is 9.59 Å². The molecule has 0 heterocycles. The van der Waals surface area contributed by atoms with Crippen molar-refractivity contribution in [3.05, 3.63) is 29.8 Å². The summed E-state index contributed by atoms with van der Waals surface area (Å²) in [6.45, 7) is 1.53. The summed E-state index contributed by atoms with van der Waals surface area (Å²) in [4.78, 5) is 23.2. The van der Waals surface area contributed by atoms with Gasteiger partial charge in [-0.05, 0) is 24.6 Å². The Morgan fingerprint density at radius 3 is 2.60 bits per heavy atom. The first kappa shape index (κ1) is 11.2. The highest BCUT2D eigenvalue weighted by atomic mass is 16.2. The van der Waals surface area contributed by atoms with Gasteiger partial charge in [-0.3, -0.25) is 9.69 Å². The van der Waals surface area contributed by atoms with Gasteiger partial charge >= 0.3 is 6.03 Å². The summed E-state index contributed by atoms with van der Waals surface area (Å²) in [5.74, 6) is 0.0916. The van der Waals surface area contributed by atoms with Crippen molar-refractivity contribution in [2.45, 2.75) is 13.3 Å². The lowest BCUT2D eigenvalue weighted by Gasteiger charge is -2.14.